The van der Waals surface area contributed by atoms with E-state index in [9.17, 15) is 4.79 Å². The van der Waals surface area contributed by atoms with Crippen LogP contribution in [0.2, 0.25) is 5.02 Å². The fourth-order valence-corrected chi connectivity index (χ4v) is 2.50. The van der Waals surface area contributed by atoms with Gasteiger partial charge in [-0.05, 0) is 34.1 Å². The van der Waals surface area contributed by atoms with E-state index in [1.165, 1.54) is 16.7 Å². The van der Waals surface area contributed by atoms with Crippen LogP contribution in [0.25, 0.3) is 5.65 Å². The maximum absolute atomic E-state index is 12.0. The number of hydrogen-bond donors (Lipinski definition) is 0. The number of rotatable bonds is 4. The monoisotopic (exact) mass is 391 g/mol. The van der Waals surface area contributed by atoms with Crippen molar-refractivity contribution >= 4 is 39.4 Å². The Labute approximate surface area is 145 Å². The molecule has 0 saturated heterocycles. The second kappa shape index (κ2) is 6.93. The summed E-state index contributed by atoms with van der Waals surface area (Å²) in [5.74, 6) is 0. The van der Waals surface area contributed by atoms with Crippen LogP contribution in [0.3, 0.4) is 0 Å². The average molecular weight is 393 g/mol. The van der Waals surface area contributed by atoms with Gasteiger partial charge in [0.05, 0.1) is 11.9 Å². The van der Waals surface area contributed by atoms with Crippen LogP contribution in [0.15, 0.2) is 63.1 Å². The molecule has 7 heteroatoms. The third-order valence-electron chi connectivity index (χ3n) is 3.06. The minimum atomic E-state index is -0.176. The predicted octanol–water partition coefficient (Wildman–Crippen LogP) is 3.66. The zero-order chi connectivity index (χ0) is 16.2. The first-order chi connectivity index (χ1) is 11.1. The van der Waals surface area contributed by atoms with E-state index in [0.717, 1.165) is 10.0 Å². The van der Waals surface area contributed by atoms with E-state index >= 15 is 0 Å². The van der Waals surface area contributed by atoms with Crippen LogP contribution < -0.4 is 5.56 Å². The van der Waals surface area contributed by atoms with Gasteiger partial charge in [-0.1, -0.05) is 35.0 Å². The van der Waals surface area contributed by atoms with Crippen LogP contribution in [0.5, 0.6) is 0 Å². The second-order valence-electron chi connectivity index (χ2n) is 4.69. The normalized spacial score (nSPS) is 11.2. The third-order valence-corrected chi connectivity index (χ3v) is 3.87. The quantitative estimate of drug-likeness (QED) is 0.503. The first kappa shape index (κ1) is 15.7. The molecule has 0 bridgehead atoms. The Balaban J connectivity index is 1.74. The summed E-state index contributed by atoms with van der Waals surface area (Å²) >= 11 is 9.33. The Hall–Kier alpha value is -2.18. The molecule has 0 saturated carbocycles. The van der Waals surface area contributed by atoms with Crippen LogP contribution in [0.1, 0.15) is 11.3 Å². The van der Waals surface area contributed by atoms with Crippen LogP contribution in [0, 0.1) is 0 Å². The van der Waals surface area contributed by atoms with Crippen molar-refractivity contribution in [2.75, 3.05) is 0 Å². The molecule has 2 aromatic heterocycles. The molecule has 0 N–H and O–H groups in total. The van der Waals surface area contributed by atoms with E-state index in [1.54, 1.807) is 18.3 Å². The van der Waals surface area contributed by atoms with Gasteiger partial charge in [-0.2, -0.15) is 0 Å². The smallest absolute Gasteiger partial charge is 0.258 e. The van der Waals surface area contributed by atoms with Crippen molar-refractivity contribution in [2.24, 2.45) is 5.16 Å². The SMILES string of the molecule is O=c1cc(CON=Cc2ccccc2Cl)nc2ccc(Br)cn12. The first-order valence-electron chi connectivity index (χ1n) is 6.71. The van der Waals surface area contributed by atoms with E-state index in [4.69, 9.17) is 16.4 Å². The Morgan fingerprint density at radius 3 is 2.96 bits per heavy atom. The lowest BCUT2D eigenvalue weighted by molar-refractivity contribution is 0.129. The number of benzene rings is 1. The summed E-state index contributed by atoms with van der Waals surface area (Å²) in [5.41, 5.74) is 1.64. The Bertz CT molecular complexity index is 940. The minimum Gasteiger partial charge on any atom is -0.389 e. The fraction of sp³-hybridized carbons (Fsp3) is 0.0625. The number of fused-ring (bicyclic) bond motifs is 1. The van der Waals surface area contributed by atoms with Crippen molar-refractivity contribution in [1.29, 1.82) is 0 Å². The summed E-state index contributed by atoms with van der Waals surface area (Å²) in [4.78, 5) is 21.6. The number of aromatic nitrogens is 2. The van der Waals surface area contributed by atoms with Gasteiger partial charge in [-0.15, -0.1) is 0 Å². The van der Waals surface area contributed by atoms with Gasteiger partial charge in [0.15, 0.2) is 6.61 Å². The molecule has 116 valence electrons. The summed E-state index contributed by atoms with van der Waals surface area (Å²) in [5, 5.41) is 4.45. The lowest BCUT2D eigenvalue weighted by Gasteiger charge is -2.03. The minimum absolute atomic E-state index is 0.1000. The number of nitrogens with zero attached hydrogens (tertiary/aromatic N) is 3. The zero-order valence-corrected chi connectivity index (χ0v) is 14.2. The lowest BCUT2D eigenvalue weighted by atomic mass is 10.2. The molecule has 0 unspecified atom stereocenters. The van der Waals surface area contributed by atoms with Crippen molar-refractivity contribution in [1.82, 2.24) is 9.38 Å². The molecular weight excluding hydrogens is 382 g/mol. The van der Waals surface area contributed by atoms with Gasteiger partial charge in [0.25, 0.3) is 5.56 Å². The highest BCUT2D eigenvalue weighted by atomic mass is 79.9. The molecule has 0 aliphatic carbocycles. The molecule has 0 fully saturated rings. The average Bonchev–Trinajstić information content (AvgIpc) is 2.54. The van der Waals surface area contributed by atoms with Crippen molar-refractivity contribution in [3.63, 3.8) is 0 Å². The molecular formula is C16H11BrClN3O2. The number of hydrogen-bond acceptors (Lipinski definition) is 4. The highest BCUT2D eigenvalue weighted by molar-refractivity contribution is 9.10. The van der Waals surface area contributed by atoms with E-state index in [0.29, 0.717) is 16.4 Å². The molecule has 0 atom stereocenters. The third kappa shape index (κ3) is 3.78. The highest BCUT2D eigenvalue weighted by Gasteiger charge is 2.03. The van der Waals surface area contributed by atoms with Crippen LogP contribution in [0.4, 0.5) is 0 Å². The lowest BCUT2D eigenvalue weighted by Crippen LogP contribution is -2.15. The maximum Gasteiger partial charge on any atom is 0.258 e. The highest BCUT2D eigenvalue weighted by Crippen LogP contribution is 2.12. The van der Waals surface area contributed by atoms with Crippen LogP contribution in [-0.2, 0) is 11.4 Å². The van der Waals surface area contributed by atoms with E-state index in [-0.39, 0.29) is 12.2 Å². The van der Waals surface area contributed by atoms with Crippen molar-refractivity contribution < 1.29 is 4.84 Å². The van der Waals surface area contributed by atoms with E-state index < -0.39 is 0 Å². The van der Waals surface area contributed by atoms with Gasteiger partial charge in [0.1, 0.15) is 5.65 Å². The largest absolute Gasteiger partial charge is 0.389 e. The summed E-state index contributed by atoms with van der Waals surface area (Å²) in [7, 11) is 0. The summed E-state index contributed by atoms with van der Waals surface area (Å²) in [6.07, 6.45) is 3.19. The molecule has 2 heterocycles. The fourth-order valence-electron chi connectivity index (χ4n) is 1.98. The van der Waals surface area contributed by atoms with Crippen molar-refractivity contribution in [3.05, 3.63) is 79.8 Å². The maximum atomic E-state index is 12.0. The van der Waals surface area contributed by atoms with Crippen molar-refractivity contribution in [3.8, 4) is 0 Å². The molecule has 0 amide bonds. The van der Waals surface area contributed by atoms with Gasteiger partial charge >= 0.3 is 0 Å². The van der Waals surface area contributed by atoms with Gasteiger partial charge in [-0.3, -0.25) is 9.20 Å². The molecule has 3 rings (SSSR count). The summed E-state index contributed by atoms with van der Waals surface area (Å²) in [6.45, 7) is 0.1000. The zero-order valence-electron chi connectivity index (χ0n) is 11.8. The van der Waals surface area contributed by atoms with Gasteiger partial charge in [0, 0.05) is 27.3 Å². The van der Waals surface area contributed by atoms with Gasteiger partial charge in [0.2, 0.25) is 0 Å². The first-order valence-corrected chi connectivity index (χ1v) is 7.88. The predicted molar refractivity (Wildman–Crippen MR) is 93.0 cm³/mol. The number of oxime groups is 1. The molecule has 0 aliphatic heterocycles. The van der Waals surface area contributed by atoms with E-state index in [2.05, 4.69) is 26.1 Å². The van der Waals surface area contributed by atoms with E-state index in [1.807, 2.05) is 24.3 Å². The number of pyridine rings is 1. The molecule has 3 aromatic rings. The van der Waals surface area contributed by atoms with Crippen LogP contribution >= 0.6 is 27.5 Å². The van der Waals surface area contributed by atoms with Crippen LogP contribution in [-0.4, -0.2) is 15.6 Å². The van der Waals surface area contributed by atoms with Gasteiger partial charge < -0.3 is 4.84 Å². The molecule has 0 radical (unpaired) electrons. The molecule has 23 heavy (non-hydrogen) atoms. The van der Waals surface area contributed by atoms with Crippen molar-refractivity contribution in [2.45, 2.75) is 6.61 Å². The molecule has 5 nitrogen and oxygen atoms in total. The topological polar surface area (TPSA) is 56.0 Å². The second-order valence-corrected chi connectivity index (χ2v) is 6.01. The molecule has 1 aromatic carbocycles. The summed E-state index contributed by atoms with van der Waals surface area (Å²) < 4.78 is 2.27. The summed E-state index contributed by atoms with van der Waals surface area (Å²) in [6, 6.07) is 12.3. The standard InChI is InChI=1S/C16H11BrClN3O2/c17-12-5-6-15-20-13(7-16(22)21(15)9-12)10-23-19-8-11-3-1-2-4-14(11)18/h1-9H,10H2. The number of halogens is 2. The Kier molecular flexibility index (Phi) is 4.73. The Morgan fingerprint density at radius 1 is 1.30 bits per heavy atom. The van der Waals surface area contributed by atoms with Gasteiger partial charge in [-0.25, -0.2) is 4.98 Å². The molecule has 0 aliphatic rings. The Morgan fingerprint density at radius 2 is 2.13 bits per heavy atom. The molecule has 0 spiro atoms.